The Balaban J connectivity index is 1.41. The van der Waals surface area contributed by atoms with Crippen molar-refractivity contribution in [1.82, 2.24) is 9.29 Å². The van der Waals surface area contributed by atoms with Gasteiger partial charge in [-0.15, -0.1) is 0 Å². The molecule has 0 unspecified atom stereocenters. The number of hydrogen-bond acceptors (Lipinski definition) is 7. The standard InChI is InChI=1S/C23H19FN4O5S2/c24-18-2-1-3-19(10-18)34(29,30)27-14-20(15-27)35(31,32)28-8-9-33-23-21(12-26-13-22(23)28)17-6-4-16(11-25)5-7-17/h1-7,10,12-13,20H,8-9,14-15H2. The number of sulfonamides is 2. The van der Waals surface area contributed by atoms with Gasteiger partial charge in [0.15, 0.2) is 5.75 Å². The highest BCUT2D eigenvalue weighted by Gasteiger charge is 2.47. The molecule has 0 atom stereocenters. The van der Waals surface area contributed by atoms with Crippen LogP contribution in [0.3, 0.4) is 0 Å². The smallest absolute Gasteiger partial charge is 0.243 e. The van der Waals surface area contributed by atoms with E-state index < -0.39 is 31.1 Å². The zero-order valence-corrected chi connectivity index (χ0v) is 19.8. The van der Waals surface area contributed by atoms with Gasteiger partial charge < -0.3 is 4.74 Å². The maximum atomic E-state index is 13.5. The first-order valence-electron chi connectivity index (χ1n) is 10.6. The predicted molar refractivity (Wildman–Crippen MR) is 125 cm³/mol. The van der Waals surface area contributed by atoms with Crippen LogP contribution in [0.5, 0.6) is 5.75 Å². The number of aromatic nitrogens is 1. The average Bonchev–Trinajstić information content (AvgIpc) is 2.82. The van der Waals surface area contributed by atoms with Gasteiger partial charge in [-0.05, 0) is 35.9 Å². The molecule has 1 fully saturated rings. The van der Waals surface area contributed by atoms with E-state index in [1.807, 2.05) is 6.07 Å². The van der Waals surface area contributed by atoms with E-state index in [1.165, 1.54) is 22.6 Å². The van der Waals surface area contributed by atoms with Crippen molar-refractivity contribution in [2.24, 2.45) is 0 Å². The van der Waals surface area contributed by atoms with Crippen LogP contribution in [0.1, 0.15) is 5.56 Å². The van der Waals surface area contributed by atoms with Crippen LogP contribution in [0.2, 0.25) is 0 Å². The van der Waals surface area contributed by atoms with Crippen LogP contribution in [0.4, 0.5) is 10.1 Å². The Morgan fingerprint density at radius 2 is 1.80 bits per heavy atom. The summed E-state index contributed by atoms with van der Waals surface area (Å²) in [6, 6.07) is 13.4. The molecule has 0 saturated carbocycles. The molecule has 2 aliphatic rings. The molecule has 12 heteroatoms. The van der Waals surface area contributed by atoms with Crippen LogP contribution in [0.15, 0.2) is 65.8 Å². The Morgan fingerprint density at radius 3 is 2.49 bits per heavy atom. The van der Waals surface area contributed by atoms with Gasteiger partial charge in [-0.2, -0.15) is 9.57 Å². The number of nitrogens with zero attached hydrogens (tertiary/aromatic N) is 4. The third-order valence-electron chi connectivity index (χ3n) is 5.99. The minimum absolute atomic E-state index is 0.0565. The van der Waals surface area contributed by atoms with Gasteiger partial charge in [-0.1, -0.05) is 18.2 Å². The number of anilines is 1. The molecule has 0 aliphatic carbocycles. The molecule has 1 saturated heterocycles. The van der Waals surface area contributed by atoms with Crippen molar-refractivity contribution < 1.29 is 26.0 Å². The van der Waals surface area contributed by atoms with E-state index in [-0.39, 0.29) is 36.8 Å². The van der Waals surface area contributed by atoms with E-state index in [2.05, 4.69) is 4.98 Å². The molecular weight excluding hydrogens is 495 g/mol. The predicted octanol–water partition coefficient (Wildman–Crippen LogP) is 2.36. The van der Waals surface area contributed by atoms with Gasteiger partial charge in [0.25, 0.3) is 0 Å². The Kier molecular flexibility index (Phi) is 5.71. The molecule has 9 nitrogen and oxygen atoms in total. The lowest BCUT2D eigenvalue weighted by atomic mass is 10.0. The first kappa shape index (κ1) is 23.2. The molecule has 0 radical (unpaired) electrons. The number of pyridine rings is 1. The van der Waals surface area contributed by atoms with E-state index in [1.54, 1.807) is 30.5 Å². The van der Waals surface area contributed by atoms with Crippen LogP contribution >= 0.6 is 0 Å². The summed E-state index contributed by atoms with van der Waals surface area (Å²) >= 11 is 0. The van der Waals surface area contributed by atoms with Gasteiger partial charge in [0.2, 0.25) is 20.0 Å². The normalized spacial score (nSPS) is 16.6. The van der Waals surface area contributed by atoms with Crippen LogP contribution < -0.4 is 9.04 Å². The number of benzene rings is 2. The van der Waals surface area contributed by atoms with Crippen molar-refractivity contribution in [3.8, 4) is 22.9 Å². The Bertz CT molecular complexity index is 1550. The summed E-state index contributed by atoms with van der Waals surface area (Å²) < 4.78 is 74.0. The van der Waals surface area contributed by atoms with Crippen molar-refractivity contribution in [3.05, 3.63) is 72.3 Å². The number of hydrogen-bond donors (Lipinski definition) is 0. The largest absolute Gasteiger partial charge is 0.489 e. The second-order valence-electron chi connectivity index (χ2n) is 8.09. The second-order valence-corrected chi connectivity index (χ2v) is 12.2. The molecule has 3 heterocycles. The third-order valence-corrected chi connectivity index (χ3v) is 9.95. The van der Waals surface area contributed by atoms with Crippen LogP contribution in [-0.4, -0.2) is 57.6 Å². The Hall–Kier alpha value is -3.53. The molecule has 2 aromatic carbocycles. The molecule has 2 aliphatic heterocycles. The van der Waals surface area contributed by atoms with E-state index in [9.17, 15) is 21.2 Å². The van der Waals surface area contributed by atoms with Crippen molar-refractivity contribution in [2.45, 2.75) is 10.1 Å². The van der Waals surface area contributed by atoms with Crippen LogP contribution in [0, 0.1) is 17.1 Å². The highest BCUT2D eigenvalue weighted by atomic mass is 32.2. The monoisotopic (exact) mass is 514 g/mol. The van der Waals surface area contributed by atoms with Gasteiger partial charge in [0.1, 0.15) is 23.4 Å². The summed E-state index contributed by atoms with van der Waals surface area (Å²) in [5.41, 5.74) is 2.04. The molecule has 5 rings (SSSR count). The third kappa shape index (κ3) is 4.01. The quantitative estimate of drug-likeness (QED) is 0.513. The summed E-state index contributed by atoms with van der Waals surface area (Å²) in [5, 5.41) is 8.06. The zero-order valence-electron chi connectivity index (χ0n) is 18.2. The number of halogens is 1. The zero-order chi connectivity index (χ0) is 24.8. The maximum absolute atomic E-state index is 13.5. The number of fused-ring (bicyclic) bond motifs is 1. The fourth-order valence-electron chi connectivity index (χ4n) is 4.05. The summed E-state index contributed by atoms with van der Waals surface area (Å²) in [4.78, 5) is 3.97. The first-order valence-corrected chi connectivity index (χ1v) is 13.5. The minimum atomic E-state index is -4.01. The Morgan fingerprint density at radius 1 is 1.06 bits per heavy atom. The van der Waals surface area contributed by atoms with Crippen LogP contribution in [-0.2, 0) is 20.0 Å². The summed E-state index contributed by atoms with van der Waals surface area (Å²) in [5.74, 6) is -0.339. The second kappa shape index (κ2) is 8.60. The summed E-state index contributed by atoms with van der Waals surface area (Å²) in [6.07, 6.45) is 2.96. The van der Waals surface area contributed by atoms with Crippen molar-refractivity contribution in [1.29, 1.82) is 5.26 Å². The van der Waals surface area contributed by atoms with Crippen LogP contribution in [0.25, 0.3) is 11.1 Å². The van der Waals surface area contributed by atoms with Gasteiger partial charge in [0.05, 0.1) is 29.3 Å². The lowest BCUT2D eigenvalue weighted by Gasteiger charge is -2.41. The van der Waals surface area contributed by atoms with E-state index in [0.29, 0.717) is 22.4 Å². The number of nitriles is 1. The molecule has 0 spiro atoms. The molecular formula is C23H19FN4O5S2. The van der Waals surface area contributed by atoms with E-state index >= 15 is 0 Å². The van der Waals surface area contributed by atoms with E-state index in [4.69, 9.17) is 10.00 Å². The van der Waals surface area contributed by atoms with Crippen molar-refractivity contribution in [3.63, 3.8) is 0 Å². The first-order chi connectivity index (χ1) is 16.7. The fraction of sp³-hybridized carbons (Fsp3) is 0.217. The van der Waals surface area contributed by atoms with Crippen molar-refractivity contribution in [2.75, 3.05) is 30.5 Å². The average molecular weight is 515 g/mol. The molecule has 3 aromatic rings. The lowest BCUT2D eigenvalue weighted by molar-refractivity contribution is 0.301. The highest BCUT2D eigenvalue weighted by Crippen LogP contribution is 2.42. The SMILES string of the molecule is N#Cc1ccc(-c2cncc3c2OCCN3S(=O)(=O)C2CN(S(=O)(=O)c3cccc(F)c3)C2)cc1. The number of rotatable bonds is 5. The lowest BCUT2D eigenvalue weighted by Crippen LogP contribution is -2.60. The topological polar surface area (TPSA) is 121 Å². The van der Waals surface area contributed by atoms with E-state index in [0.717, 1.165) is 16.4 Å². The highest BCUT2D eigenvalue weighted by molar-refractivity contribution is 7.94. The molecule has 0 amide bonds. The molecule has 35 heavy (non-hydrogen) atoms. The Labute approximate surface area is 202 Å². The van der Waals surface area contributed by atoms with Gasteiger partial charge in [0, 0.05) is 24.8 Å². The summed E-state index contributed by atoms with van der Waals surface area (Å²) in [7, 11) is -7.95. The number of ether oxygens (including phenoxy) is 1. The molecule has 0 bridgehead atoms. The van der Waals surface area contributed by atoms with Crippen molar-refractivity contribution >= 4 is 25.7 Å². The summed E-state index contributed by atoms with van der Waals surface area (Å²) in [6.45, 7) is -0.314. The molecule has 1 aromatic heterocycles. The fourth-order valence-corrected chi connectivity index (χ4v) is 7.64. The minimum Gasteiger partial charge on any atom is -0.489 e. The maximum Gasteiger partial charge on any atom is 0.243 e. The van der Waals surface area contributed by atoms with Gasteiger partial charge in [-0.25, -0.2) is 21.2 Å². The van der Waals surface area contributed by atoms with Gasteiger partial charge in [-0.3, -0.25) is 9.29 Å². The molecule has 180 valence electrons. The van der Waals surface area contributed by atoms with Gasteiger partial charge >= 0.3 is 0 Å². The molecule has 0 N–H and O–H groups in total.